The Morgan fingerprint density at radius 1 is 1.48 bits per heavy atom. The molecule has 7 nitrogen and oxygen atoms in total. The zero-order chi connectivity index (χ0) is 17.0. The number of carbonyl (C=O) groups excluding carboxylic acids is 1. The molecule has 23 heavy (non-hydrogen) atoms. The van der Waals surface area contributed by atoms with Gasteiger partial charge < -0.3 is 20.1 Å². The lowest BCUT2D eigenvalue weighted by Gasteiger charge is -2.10. The number of likely N-dealkylation sites (N-methyl/N-ethyl adjacent to an activating group) is 1. The summed E-state index contributed by atoms with van der Waals surface area (Å²) in [6.45, 7) is 2.98. The monoisotopic (exact) mass is 338 g/mol. The molecule has 1 aromatic carbocycles. The van der Waals surface area contributed by atoms with Gasteiger partial charge in [-0.1, -0.05) is 23.7 Å². The molecule has 0 saturated heterocycles. The van der Waals surface area contributed by atoms with E-state index in [4.69, 9.17) is 16.3 Å². The van der Waals surface area contributed by atoms with Gasteiger partial charge in [0.05, 0.1) is 16.8 Å². The first-order valence-corrected chi connectivity index (χ1v) is 7.41. The SMILES string of the molecule is Cc1cccc(Cl)c1-n1nc(OC(=O)NCCN(C)C)cc1O. The first kappa shape index (κ1) is 17.1. The van der Waals surface area contributed by atoms with Crippen molar-refractivity contribution in [2.24, 2.45) is 0 Å². The van der Waals surface area contributed by atoms with E-state index in [0.29, 0.717) is 23.8 Å². The first-order chi connectivity index (χ1) is 10.9. The summed E-state index contributed by atoms with van der Waals surface area (Å²) in [6, 6.07) is 6.60. The van der Waals surface area contributed by atoms with Gasteiger partial charge in [0.2, 0.25) is 11.8 Å². The van der Waals surface area contributed by atoms with Crippen molar-refractivity contribution in [3.63, 3.8) is 0 Å². The van der Waals surface area contributed by atoms with E-state index >= 15 is 0 Å². The molecule has 0 spiro atoms. The molecule has 0 bridgehead atoms. The van der Waals surface area contributed by atoms with Gasteiger partial charge in [-0.3, -0.25) is 0 Å². The van der Waals surface area contributed by atoms with Gasteiger partial charge in [-0.15, -0.1) is 5.10 Å². The summed E-state index contributed by atoms with van der Waals surface area (Å²) in [5, 5.41) is 17.1. The number of rotatable bonds is 5. The Hall–Kier alpha value is -2.25. The fourth-order valence-corrected chi connectivity index (χ4v) is 2.27. The highest BCUT2D eigenvalue weighted by Crippen LogP contribution is 2.29. The van der Waals surface area contributed by atoms with Crippen LogP contribution in [-0.4, -0.2) is 53.1 Å². The number of halogens is 1. The van der Waals surface area contributed by atoms with Crippen molar-refractivity contribution in [3.05, 3.63) is 34.9 Å². The molecule has 0 fully saturated rings. The van der Waals surface area contributed by atoms with Crippen LogP contribution in [0.2, 0.25) is 5.02 Å². The Balaban J connectivity index is 2.11. The predicted molar refractivity (Wildman–Crippen MR) is 87.6 cm³/mol. The second-order valence-electron chi connectivity index (χ2n) is 5.28. The molecule has 1 heterocycles. The molecule has 0 aliphatic heterocycles. The minimum absolute atomic E-state index is 0.0100. The number of aromatic nitrogens is 2. The molecule has 2 aromatic rings. The predicted octanol–water partition coefficient (Wildman–Crippen LogP) is 2.19. The van der Waals surface area contributed by atoms with Crippen LogP contribution in [0.3, 0.4) is 0 Å². The quantitative estimate of drug-likeness (QED) is 0.873. The Morgan fingerprint density at radius 3 is 2.87 bits per heavy atom. The Labute approximate surface area is 139 Å². The lowest BCUT2D eigenvalue weighted by Crippen LogP contribution is -2.33. The van der Waals surface area contributed by atoms with Crippen molar-refractivity contribution in [3.8, 4) is 17.4 Å². The average Bonchev–Trinajstić information content (AvgIpc) is 2.78. The topological polar surface area (TPSA) is 79.6 Å². The number of aromatic hydroxyl groups is 1. The van der Waals surface area contributed by atoms with Gasteiger partial charge in [0.15, 0.2) is 0 Å². The third-order valence-corrected chi connectivity index (χ3v) is 3.40. The first-order valence-electron chi connectivity index (χ1n) is 7.03. The van der Waals surface area contributed by atoms with Gasteiger partial charge in [0.1, 0.15) is 0 Å². The van der Waals surface area contributed by atoms with Crippen LogP contribution in [0.1, 0.15) is 5.56 Å². The number of nitrogens with one attached hydrogen (secondary N) is 1. The van der Waals surface area contributed by atoms with Crippen LogP contribution in [0, 0.1) is 6.92 Å². The molecule has 0 aliphatic rings. The van der Waals surface area contributed by atoms with Gasteiger partial charge in [-0.05, 0) is 32.6 Å². The molecule has 0 aliphatic carbocycles. The minimum atomic E-state index is -0.632. The maximum atomic E-state index is 11.7. The van der Waals surface area contributed by atoms with Crippen LogP contribution in [0.5, 0.6) is 11.8 Å². The number of benzene rings is 1. The highest BCUT2D eigenvalue weighted by Gasteiger charge is 2.16. The van der Waals surface area contributed by atoms with Gasteiger partial charge >= 0.3 is 6.09 Å². The number of nitrogens with zero attached hydrogens (tertiary/aromatic N) is 3. The van der Waals surface area contributed by atoms with Crippen LogP contribution in [0.25, 0.3) is 5.69 Å². The number of carbonyl (C=O) groups is 1. The van der Waals surface area contributed by atoms with E-state index in [1.165, 1.54) is 10.7 Å². The number of aryl methyl sites for hydroxylation is 1. The van der Waals surface area contributed by atoms with Crippen LogP contribution < -0.4 is 10.1 Å². The summed E-state index contributed by atoms with van der Waals surface area (Å²) in [4.78, 5) is 13.6. The fraction of sp³-hybridized carbons (Fsp3) is 0.333. The molecule has 0 saturated carbocycles. The summed E-state index contributed by atoms with van der Waals surface area (Å²) >= 11 is 6.15. The van der Waals surface area contributed by atoms with E-state index in [1.54, 1.807) is 12.1 Å². The van der Waals surface area contributed by atoms with Crippen molar-refractivity contribution in [2.45, 2.75) is 6.92 Å². The van der Waals surface area contributed by atoms with Crippen molar-refractivity contribution < 1.29 is 14.6 Å². The summed E-state index contributed by atoms with van der Waals surface area (Å²) in [5.74, 6) is -0.179. The average molecular weight is 339 g/mol. The molecule has 2 rings (SSSR count). The Bertz CT molecular complexity index is 680. The minimum Gasteiger partial charge on any atom is -0.493 e. The maximum absolute atomic E-state index is 11.7. The smallest absolute Gasteiger partial charge is 0.414 e. The van der Waals surface area contributed by atoms with E-state index in [0.717, 1.165) is 5.56 Å². The van der Waals surface area contributed by atoms with Crippen molar-refractivity contribution >= 4 is 17.7 Å². The van der Waals surface area contributed by atoms with Crippen LogP contribution in [0.15, 0.2) is 24.3 Å². The van der Waals surface area contributed by atoms with Crippen LogP contribution in [-0.2, 0) is 0 Å². The molecule has 0 atom stereocenters. The molecule has 0 unspecified atom stereocenters. The Kier molecular flexibility index (Phi) is 5.46. The molecule has 8 heteroatoms. The molecule has 1 aromatic heterocycles. The Morgan fingerprint density at radius 2 is 2.22 bits per heavy atom. The second-order valence-corrected chi connectivity index (χ2v) is 5.68. The molecular weight excluding hydrogens is 320 g/mol. The number of amides is 1. The third-order valence-electron chi connectivity index (χ3n) is 3.09. The van der Waals surface area contributed by atoms with Gasteiger partial charge in [-0.2, -0.15) is 4.68 Å². The molecular formula is C15H19ClN4O3. The van der Waals surface area contributed by atoms with E-state index in [9.17, 15) is 9.90 Å². The zero-order valence-corrected chi connectivity index (χ0v) is 14.0. The standard InChI is InChI=1S/C15H19ClN4O3/c1-10-5-4-6-11(16)14(10)20-13(21)9-12(18-20)23-15(22)17-7-8-19(2)3/h4-6,9,21H,7-8H2,1-3H3,(H,17,22). The number of hydrogen-bond acceptors (Lipinski definition) is 5. The fourth-order valence-electron chi connectivity index (χ4n) is 1.97. The summed E-state index contributed by atoms with van der Waals surface area (Å²) in [5.41, 5.74) is 1.37. The van der Waals surface area contributed by atoms with Crippen LogP contribution in [0.4, 0.5) is 4.79 Å². The summed E-state index contributed by atoms with van der Waals surface area (Å²) < 4.78 is 6.29. The van der Waals surface area contributed by atoms with E-state index in [-0.39, 0.29) is 11.8 Å². The summed E-state index contributed by atoms with van der Waals surface area (Å²) in [6.07, 6.45) is -0.632. The molecule has 124 valence electrons. The maximum Gasteiger partial charge on any atom is 0.414 e. The van der Waals surface area contributed by atoms with E-state index in [1.807, 2.05) is 32.0 Å². The van der Waals surface area contributed by atoms with Crippen LogP contribution >= 0.6 is 11.6 Å². The van der Waals surface area contributed by atoms with Crippen molar-refractivity contribution in [1.82, 2.24) is 20.0 Å². The van der Waals surface area contributed by atoms with Gasteiger partial charge in [0, 0.05) is 13.1 Å². The molecule has 2 N–H and O–H groups in total. The van der Waals surface area contributed by atoms with Gasteiger partial charge in [-0.25, -0.2) is 4.79 Å². The van der Waals surface area contributed by atoms with Crippen molar-refractivity contribution in [2.75, 3.05) is 27.2 Å². The second kappa shape index (κ2) is 7.34. The third kappa shape index (κ3) is 4.37. The number of para-hydroxylation sites is 1. The summed E-state index contributed by atoms with van der Waals surface area (Å²) in [7, 11) is 3.80. The largest absolute Gasteiger partial charge is 0.493 e. The lowest BCUT2D eigenvalue weighted by molar-refractivity contribution is 0.197. The van der Waals surface area contributed by atoms with E-state index in [2.05, 4.69) is 10.4 Å². The zero-order valence-electron chi connectivity index (χ0n) is 13.2. The molecule has 1 amide bonds. The number of ether oxygens (including phenoxy) is 1. The number of hydrogen-bond donors (Lipinski definition) is 2. The van der Waals surface area contributed by atoms with Crippen molar-refractivity contribution in [1.29, 1.82) is 0 Å². The normalized spacial score (nSPS) is 10.8. The molecule has 0 radical (unpaired) electrons. The van der Waals surface area contributed by atoms with Gasteiger partial charge in [0.25, 0.3) is 0 Å². The van der Waals surface area contributed by atoms with E-state index < -0.39 is 6.09 Å². The highest BCUT2D eigenvalue weighted by atomic mass is 35.5. The lowest BCUT2D eigenvalue weighted by atomic mass is 10.2. The highest BCUT2D eigenvalue weighted by molar-refractivity contribution is 6.32.